The van der Waals surface area contributed by atoms with E-state index in [1.165, 1.54) is 0 Å². The van der Waals surface area contributed by atoms with E-state index in [1.807, 2.05) is 17.5 Å². The zero-order chi connectivity index (χ0) is 16.9. The van der Waals surface area contributed by atoms with Gasteiger partial charge in [0, 0.05) is 37.3 Å². The maximum absolute atomic E-state index is 12.3. The molecule has 0 saturated carbocycles. The van der Waals surface area contributed by atoms with Crippen molar-refractivity contribution in [2.24, 2.45) is 5.92 Å². The molecule has 0 bridgehead atoms. The lowest BCUT2D eigenvalue weighted by Gasteiger charge is -2.16. The molecule has 2 aromatic rings. The average molecular weight is 344 g/mol. The van der Waals surface area contributed by atoms with Crippen molar-refractivity contribution in [3.05, 3.63) is 46.2 Å². The second-order valence-electron chi connectivity index (χ2n) is 5.84. The number of thiazole rings is 1. The number of aryl methyl sites for hydroxylation is 1. The van der Waals surface area contributed by atoms with Crippen molar-refractivity contribution in [2.75, 3.05) is 6.54 Å². The van der Waals surface area contributed by atoms with E-state index in [2.05, 4.69) is 22.2 Å². The molecular formula is C17H20N4O2S. The Labute approximate surface area is 144 Å². The fraction of sp³-hybridized carbons (Fsp3) is 0.412. The zero-order valence-electron chi connectivity index (χ0n) is 13.6. The number of hydrogen-bond donors (Lipinski definition) is 1. The van der Waals surface area contributed by atoms with Crippen LogP contribution in [0, 0.1) is 5.92 Å². The summed E-state index contributed by atoms with van der Waals surface area (Å²) in [5.41, 5.74) is 2.02. The van der Waals surface area contributed by atoms with Gasteiger partial charge in [-0.1, -0.05) is 13.0 Å². The van der Waals surface area contributed by atoms with Crippen LogP contribution in [0.2, 0.25) is 0 Å². The molecule has 7 heteroatoms. The van der Waals surface area contributed by atoms with Crippen molar-refractivity contribution < 1.29 is 9.59 Å². The second kappa shape index (κ2) is 7.53. The van der Waals surface area contributed by atoms with E-state index in [0.29, 0.717) is 19.6 Å². The van der Waals surface area contributed by atoms with Gasteiger partial charge in [-0.15, -0.1) is 11.3 Å². The Morgan fingerprint density at radius 2 is 2.38 bits per heavy atom. The van der Waals surface area contributed by atoms with Crippen LogP contribution >= 0.6 is 11.3 Å². The van der Waals surface area contributed by atoms with Gasteiger partial charge in [0.05, 0.1) is 18.2 Å². The van der Waals surface area contributed by atoms with Crippen molar-refractivity contribution in [3.63, 3.8) is 0 Å². The first-order valence-corrected chi connectivity index (χ1v) is 8.91. The molecule has 0 radical (unpaired) electrons. The van der Waals surface area contributed by atoms with Gasteiger partial charge in [-0.3, -0.25) is 14.6 Å². The Bertz CT molecular complexity index is 716. The van der Waals surface area contributed by atoms with E-state index in [4.69, 9.17) is 0 Å². The largest absolute Gasteiger partial charge is 0.349 e. The molecule has 0 spiro atoms. The molecule has 0 aliphatic carbocycles. The van der Waals surface area contributed by atoms with Crippen LogP contribution in [0.4, 0.5) is 0 Å². The first-order chi connectivity index (χ1) is 11.7. The number of carbonyl (C=O) groups excluding carboxylic acids is 2. The van der Waals surface area contributed by atoms with Gasteiger partial charge >= 0.3 is 0 Å². The van der Waals surface area contributed by atoms with Gasteiger partial charge in [0.25, 0.3) is 0 Å². The maximum atomic E-state index is 12.3. The van der Waals surface area contributed by atoms with Crippen molar-refractivity contribution in [1.82, 2.24) is 20.2 Å². The molecule has 1 fully saturated rings. The first-order valence-electron chi connectivity index (χ1n) is 8.03. The fourth-order valence-electron chi connectivity index (χ4n) is 2.71. The van der Waals surface area contributed by atoms with Crippen LogP contribution in [0.15, 0.2) is 29.9 Å². The number of aromatic nitrogens is 2. The molecule has 1 saturated heterocycles. The second-order valence-corrected chi connectivity index (χ2v) is 6.78. The standard InChI is InChI=1S/C17H20N4O2S/c1-2-14-11-24-15(20-14)8-19-17(23)13-6-16(22)21(10-13)9-12-4-3-5-18-7-12/h3-5,7,11,13H,2,6,8-10H2,1H3,(H,19,23)/t13-/m1/s1. The summed E-state index contributed by atoms with van der Waals surface area (Å²) in [5, 5.41) is 5.81. The molecule has 0 unspecified atom stereocenters. The number of pyridine rings is 1. The summed E-state index contributed by atoms with van der Waals surface area (Å²) in [6.07, 6.45) is 4.61. The summed E-state index contributed by atoms with van der Waals surface area (Å²) < 4.78 is 0. The summed E-state index contributed by atoms with van der Waals surface area (Å²) in [7, 11) is 0. The molecule has 126 valence electrons. The van der Waals surface area contributed by atoms with E-state index in [1.54, 1.807) is 28.6 Å². The van der Waals surface area contributed by atoms with Gasteiger partial charge in [-0.05, 0) is 18.1 Å². The molecule has 24 heavy (non-hydrogen) atoms. The lowest BCUT2D eigenvalue weighted by Crippen LogP contribution is -2.32. The minimum Gasteiger partial charge on any atom is -0.349 e. The number of likely N-dealkylation sites (tertiary alicyclic amines) is 1. The Hall–Kier alpha value is -2.28. The van der Waals surface area contributed by atoms with Gasteiger partial charge < -0.3 is 10.2 Å². The molecule has 2 aromatic heterocycles. The maximum Gasteiger partial charge on any atom is 0.225 e. The highest BCUT2D eigenvalue weighted by atomic mass is 32.1. The average Bonchev–Trinajstić information content (AvgIpc) is 3.21. The van der Waals surface area contributed by atoms with E-state index < -0.39 is 0 Å². The lowest BCUT2D eigenvalue weighted by atomic mass is 10.1. The predicted octanol–water partition coefficient (Wildman–Crippen LogP) is 1.77. The van der Waals surface area contributed by atoms with Crippen molar-refractivity contribution in [3.8, 4) is 0 Å². The summed E-state index contributed by atoms with van der Waals surface area (Å²) in [4.78, 5) is 34.6. The number of carbonyl (C=O) groups is 2. The number of nitrogens with zero attached hydrogens (tertiary/aromatic N) is 3. The molecule has 1 atom stereocenters. The number of hydrogen-bond acceptors (Lipinski definition) is 5. The number of amides is 2. The van der Waals surface area contributed by atoms with Crippen LogP contribution in [0.5, 0.6) is 0 Å². The highest BCUT2D eigenvalue weighted by Crippen LogP contribution is 2.20. The third kappa shape index (κ3) is 3.97. The highest BCUT2D eigenvalue weighted by molar-refractivity contribution is 7.09. The highest BCUT2D eigenvalue weighted by Gasteiger charge is 2.34. The Balaban J connectivity index is 1.52. The summed E-state index contributed by atoms with van der Waals surface area (Å²) >= 11 is 1.55. The molecule has 3 rings (SSSR count). The molecule has 1 N–H and O–H groups in total. The molecule has 3 heterocycles. The van der Waals surface area contributed by atoms with Crippen LogP contribution in [0.25, 0.3) is 0 Å². The fourth-order valence-corrected chi connectivity index (χ4v) is 3.53. The molecule has 2 amide bonds. The number of rotatable bonds is 6. The minimum absolute atomic E-state index is 0.0153. The van der Waals surface area contributed by atoms with Crippen LogP contribution < -0.4 is 5.32 Å². The van der Waals surface area contributed by atoms with E-state index in [9.17, 15) is 9.59 Å². The Morgan fingerprint density at radius 3 is 3.08 bits per heavy atom. The van der Waals surface area contributed by atoms with Gasteiger partial charge in [-0.25, -0.2) is 4.98 Å². The zero-order valence-corrected chi connectivity index (χ0v) is 14.4. The topological polar surface area (TPSA) is 75.2 Å². The Kier molecular flexibility index (Phi) is 5.20. The normalized spacial score (nSPS) is 17.3. The van der Waals surface area contributed by atoms with E-state index in [0.717, 1.165) is 22.7 Å². The SMILES string of the molecule is CCc1csc(CNC(=O)[C@@H]2CC(=O)N(Cc3cccnc3)C2)n1. The molecule has 1 aliphatic heterocycles. The first kappa shape index (κ1) is 16.6. The summed E-state index contributed by atoms with van der Waals surface area (Å²) in [6.45, 7) is 3.44. The molecular weight excluding hydrogens is 324 g/mol. The van der Waals surface area contributed by atoms with Crippen LogP contribution in [0.1, 0.15) is 29.6 Å². The molecule has 0 aromatic carbocycles. The lowest BCUT2D eigenvalue weighted by molar-refractivity contribution is -0.129. The predicted molar refractivity (Wildman–Crippen MR) is 91.1 cm³/mol. The van der Waals surface area contributed by atoms with Gasteiger partial charge in [0.15, 0.2) is 0 Å². The number of nitrogens with one attached hydrogen (secondary N) is 1. The summed E-state index contributed by atoms with van der Waals surface area (Å²) in [6, 6.07) is 3.78. The Morgan fingerprint density at radius 1 is 1.50 bits per heavy atom. The van der Waals surface area contributed by atoms with Gasteiger partial charge in [0.2, 0.25) is 11.8 Å². The van der Waals surface area contributed by atoms with Crippen molar-refractivity contribution in [2.45, 2.75) is 32.9 Å². The molecule has 6 nitrogen and oxygen atoms in total. The van der Waals surface area contributed by atoms with Crippen LogP contribution in [-0.4, -0.2) is 33.2 Å². The monoisotopic (exact) mass is 344 g/mol. The quantitative estimate of drug-likeness (QED) is 0.866. The van der Waals surface area contributed by atoms with E-state index >= 15 is 0 Å². The third-order valence-corrected chi connectivity index (χ3v) is 4.95. The van der Waals surface area contributed by atoms with Crippen LogP contribution in [0.3, 0.4) is 0 Å². The molecule has 1 aliphatic rings. The van der Waals surface area contributed by atoms with Gasteiger partial charge in [-0.2, -0.15) is 0 Å². The van der Waals surface area contributed by atoms with Crippen molar-refractivity contribution >= 4 is 23.2 Å². The summed E-state index contributed by atoms with van der Waals surface area (Å²) in [5.74, 6) is -0.355. The van der Waals surface area contributed by atoms with Crippen LogP contribution in [-0.2, 0) is 29.1 Å². The third-order valence-electron chi connectivity index (χ3n) is 4.06. The van der Waals surface area contributed by atoms with Gasteiger partial charge in [0.1, 0.15) is 5.01 Å². The van der Waals surface area contributed by atoms with Crippen molar-refractivity contribution in [1.29, 1.82) is 0 Å². The smallest absolute Gasteiger partial charge is 0.225 e. The minimum atomic E-state index is -0.292. The van der Waals surface area contributed by atoms with E-state index in [-0.39, 0.29) is 24.2 Å².